The monoisotopic (exact) mass is 404 g/mol. The van der Waals surface area contributed by atoms with Crippen LogP contribution < -0.4 is 16.0 Å². The topological polar surface area (TPSA) is 106 Å². The number of aliphatic hydroxyl groups is 1. The predicted molar refractivity (Wildman–Crippen MR) is 116 cm³/mol. The number of nitrogens with one attached hydrogen (secondary N) is 4. The summed E-state index contributed by atoms with van der Waals surface area (Å²) in [6.45, 7) is 0.0310. The second-order valence-corrected chi connectivity index (χ2v) is 6.73. The largest absolute Gasteiger partial charge is 0.394 e. The van der Waals surface area contributed by atoms with E-state index >= 15 is 0 Å². The maximum atomic E-state index is 12.7. The Kier molecular flexibility index (Phi) is 7.09. The van der Waals surface area contributed by atoms with Crippen LogP contribution in [0.3, 0.4) is 0 Å². The van der Waals surface area contributed by atoms with E-state index in [1.54, 1.807) is 24.3 Å². The van der Waals surface area contributed by atoms with Crippen LogP contribution in [0.2, 0.25) is 0 Å². The molecule has 0 radical (unpaired) electrons. The highest BCUT2D eigenvalue weighted by Gasteiger charge is 2.16. The van der Waals surface area contributed by atoms with E-state index in [4.69, 9.17) is 0 Å². The lowest BCUT2D eigenvalue weighted by molar-refractivity contribution is 0.0916. The van der Waals surface area contributed by atoms with Crippen LogP contribution in [-0.4, -0.2) is 48.3 Å². The zero-order chi connectivity index (χ0) is 21.3. The average molecular weight is 404 g/mol. The number of urea groups is 1. The Labute approximate surface area is 174 Å². The van der Waals surface area contributed by atoms with Crippen molar-refractivity contribution in [2.24, 2.45) is 0 Å². The number of H-pyrrole nitrogens is 1. The third-order valence-corrected chi connectivity index (χ3v) is 4.62. The predicted octanol–water partition coefficient (Wildman–Crippen LogP) is 1.78. The molecule has 3 aromatic rings. The standard InChI is InChI=1S/C23H24N4O3/c1-24-23(30)25-11-5-7-16-6-4-8-17(12-16)22(29)27-19(15-28)13-18-14-26-21-10-3-2-9-20(18)21/h2-4,6,8-10,12,14,19,26,28H,11,13,15H2,1H3,(H,27,29)(H2,24,25,30). The Morgan fingerprint density at radius 3 is 2.80 bits per heavy atom. The SMILES string of the molecule is CNC(=O)NCC#Cc1cccc(C(=O)NC(CO)Cc2c[nH]c3ccccc23)c1. The molecule has 1 unspecified atom stereocenters. The van der Waals surface area contributed by atoms with Gasteiger partial charge in [-0.3, -0.25) is 4.79 Å². The summed E-state index contributed by atoms with van der Waals surface area (Å²) in [5.41, 5.74) is 3.18. The molecular formula is C23H24N4O3. The number of aromatic nitrogens is 1. The average Bonchev–Trinajstić information content (AvgIpc) is 3.19. The van der Waals surface area contributed by atoms with E-state index in [1.807, 2.05) is 30.5 Å². The summed E-state index contributed by atoms with van der Waals surface area (Å²) in [7, 11) is 1.53. The molecule has 7 nitrogen and oxygen atoms in total. The molecule has 0 saturated heterocycles. The highest BCUT2D eigenvalue weighted by molar-refractivity contribution is 5.94. The fourth-order valence-corrected chi connectivity index (χ4v) is 3.09. The Bertz CT molecular complexity index is 1090. The van der Waals surface area contributed by atoms with Gasteiger partial charge in [-0.1, -0.05) is 36.1 Å². The van der Waals surface area contributed by atoms with Crippen LogP contribution in [0, 0.1) is 11.8 Å². The van der Waals surface area contributed by atoms with Gasteiger partial charge in [-0.25, -0.2) is 4.79 Å². The second kappa shape index (κ2) is 10.1. The van der Waals surface area contributed by atoms with Crippen LogP contribution in [0.15, 0.2) is 54.7 Å². The number of rotatable bonds is 6. The van der Waals surface area contributed by atoms with Gasteiger partial charge in [0.15, 0.2) is 0 Å². The van der Waals surface area contributed by atoms with Gasteiger partial charge in [0.05, 0.1) is 19.2 Å². The smallest absolute Gasteiger partial charge is 0.315 e. The highest BCUT2D eigenvalue weighted by atomic mass is 16.3. The maximum Gasteiger partial charge on any atom is 0.315 e. The summed E-state index contributed by atoms with van der Waals surface area (Å²) < 4.78 is 0. The van der Waals surface area contributed by atoms with E-state index in [-0.39, 0.29) is 25.1 Å². The summed E-state index contributed by atoms with van der Waals surface area (Å²) >= 11 is 0. The lowest BCUT2D eigenvalue weighted by atomic mass is 10.0. The number of benzene rings is 2. The quantitative estimate of drug-likeness (QED) is 0.404. The first-order chi connectivity index (χ1) is 14.6. The summed E-state index contributed by atoms with van der Waals surface area (Å²) in [6, 6.07) is 14.1. The van der Waals surface area contributed by atoms with E-state index in [2.05, 4.69) is 32.8 Å². The van der Waals surface area contributed by atoms with Crippen molar-refractivity contribution in [1.29, 1.82) is 0 Å². The highest BCUT2D eigenvalue weighted by Crippen LogP contribution is 2.19. The summed E-state index contributed by atoms with van der Waals surface area (Å²) in [6.07, 6.45) is 2.42. The van der Waals surface area contributed by atoms with Crippen molar-refractivity contribution in [3.05, 3.63) is 71.4 Å². The molecule has 0 aliphatic heterocycles. The molecule has 0 saturated carbocycles. The first-order valence-corrected chi connectivity index (χ1v) is 9.62. The number of hydrogen-bond donors (Lipinski definition) is 5. The molecule has 0 spiro atoms. The van der Waals surface area contributed by atoms with Crippen molar-refractivity contribution in [1.82, 2.24) is 20.9 Å². The molecule has 154 valence electrons. The molecule has 0 aliphatic rings. The van der Waals surface area contributed by atoms with E-state index in [1.165, 1.54) is 7.05 Å². The molecular weight excluding hydrogens is 380 g/mol. The van der Waals surface area contributed by atoms with E-state index in [0.29, 0.717) is 17.5 Å². The number of aliphatic hydroxyl groups excluding tert-OH is 1. The molecule has 3 rings (SSSR count). The fraction of sp³-hybridized carbons (Fsp3) is 0.217. The van der Waals surface area contributed by atoms with E-state index in [0.717, 1.165) is 16.5 Å². The van der Waals surface area contributed by atoms with Crippen LogP contribution >= 0.6 is 0 Å². The fourth-order valence-electron chi connectivity index (χ4n) is 3.09. The number of aromatic amines is 1. The molecule has 1 atom stereocenters. The second-order valence-electron chi connectivity index (χ2n) is 6.73. The minimum absolute atomic E-state index is 0.171. The normalized spacial score (nSPS) is 11.3. The molecule has 7 heteroatoms. The maximum absolute atomic E-state index is 12.7. The Hall–Kier alpha value is -3.76. The molecule has 1 aromatic heterocycles. The van der Waals surface area contributed by atoms with Gasteiger partial charge >= 0.3 is 6.03 Å². The Morgan fingerprint density at radius 1 is 1.17 bits per heavy atom. The van der Waals surface area contributed by atoms with Gasteiger partial charge in [-0.15, -0.1) is 0 Å². The zero-order valence-electron chi connectivity index (χ0n) is 16.7. The van der Waals surface area contributed by atoms with Gasteiger partial charge in [0, 0.05) is 35.3 Å². The van der Waals surface area contributed by atoms with Gasteiger partial charge in [-0.2, -0.15) is 0 Å². The van der Waals surface area contributed by atoms with Gasteiger partial charge in [0.25, 0.3) is 5.91 Å². The van der Waals surface area contributed by atoms with E-state index < -0.39 is 6.04 Å². The number of hydrogen-bond acceptors (Lipinski definition) is 3. The molecule has 0 aliphatic carbocycles. The third kappa shape index (κ3) is 5.40. The van der Waals surface area contributed by atoms with Gasteiger partial charge < -0.3 is 26.0 Å². The minimum atomic E-state index is -0.414. The summed E-state index contributed by atoms with van der Waals surface area (Å²) in [5, 5.41) is 18.7. The molecule has 30 heavy (non-hydrogen) atoms. The minimum Gasteiger partial charge on any atom is -0.394 e. The van der Waals surface area contributed by atoms with Crippen molar-refractivity contribution < 1.29 is 14.7 Å². The zero-order valence-corrected chi connectivity index (χ0v) is 16.7. The lowest BCUT2D eigenvalue weighted by Crippen LogP contribution is -2.39. The van der Waals surface area contributed by atoms with Gasteiger partial charge in [0.1, 0.15) is 0 Å². The van der Waals surface area contributed by atoms with Crippen LogP contribution in [0.4, 0.5) is 4.79 Å². The first-order valence-electron chi connectivity index (χ1n) is 9.62. The number of carbonyl (C=O) groups excluding carboxylic acids is 2. The van der Waals surface area contributed by atoms with E-state index in [9.17, 15) is 14.7 Å². The van der Waals surface area contributed by atoms with Crippen LogP contribution in [-0.2, 0) is 6.42 Å². The molecule has 1 heterocycles. The van der Waals surface area contributed by atoms with Gasteiger partial charge in [0.2, 0.25) is 0 Å². The Balaban J connectivity index is 1.64. The van der Waals surface area contributed by atoms with Crippen LogP contribution in [0.1, 0.15) is 21.5 Å². The van der Waals surface area contributed by atoms with Crippen molar-refractivity contribution in [2.75, 3.05) is 20.2 Å². The summed E-state index contributed by atoms with van der Waals surface area (Å²) in [4.78, 5) is 27.0. The van der Waals surface area contributed by atoms with Crippen LogP contribution in [0.5, 0.6) is 0 Å². The van der Waals surface area contributed by atoms with Gasteiger partial charge in [-0.05, 0) is 36.2 Å². The number of fused-ring (bicyclic) bond motifs is 1. The lowest BCUT2D eigenvalue weighted by Gasteiger charge is -2.16. The number of carbonyl (C=O) groups is 2. The molecule has 3 amide bonds. The Morgan fingerprint density at radius 2 is 2.00 bits per heavy atom. The van der Waals surface area contributed by atoms with Crippen molar-refractivity contribution in [3.63, 3.8) is 0 Å². The van der Waals surface area contributed by atoms with Crippen molar-refractivity contribution >= 4 is 22.8 Å². The molecule has 0 fully saturated rings. The first kappa shape index (κ1) is 21.0. The number of para-hydroxylation sites is 1. The van der Waals surface area contributed by atoms with Crippen LogP contribution in [0.25, 0.3) is 10.9 Å². The third-order valence-electron chi connectivity index (χ3n) is 4.62. The number of amides is 3. The molecule has 0 bridgehead atoms. The van der Waals surface area contributed by atoms with Crippen molar-refractivity contribution in [3.8, 4) is 11.8 Å². The molecule has 2 aromatic carbocycles. The summed E-state index contributed by atoms with van der Waals surface area (Å²) in [5.74, 6) is 5.47. The van der Waals surface area contributed by atoms with Crippen molar-refractivity contribution in [2.45, 2.75) is 12.5 Å². The molecule has 5 N–H and O–H groups in total.